The Bertz CT molecular complexity index is 1580. The minimum atomic E-state index is -0.755. The van der Waals surface area contributed by atoms with Gasteiger partial charge in [-0.05, 0) is 48.9 Å². The van der Waals surface area contributed by atoms with Crippen LogP contribution in [0.3, 0.4) is 0 Å². The number of ether oxygens (including phenoxy) is 1. The molecule has 3 heterocycles. The van der Waals surface area contributed by atoms with Crippen molar-refractivity contribution < 1.29 is 9.84 Å². The fourth-order valence-electron chi connectivity index (χ4n) is 5.30. The summed E-state index contributed by atoms with van der Waals surface area (Å²) in [5, 5.41) is 12.7. The molecule has 1 aliphatic rings. The number of aryl methyl sites for hydroxylation is 1. The third-order valence-electron chi connectivity index (χ3n) is 7.06. The molecule has 1 aliphatic carbocycles. The van der Waals surface area contributed by atoms with Gasteiger partial charge in [0.15, 0.2) is 0 Å². The zero-order chi connectivity index (χ0) is 25.5. The van der Waals surface area contributed by atoms with Crippen molar-refractivity contribution >= 4 is 34.1 Å². The Kier molecular flexibility index (Phi) is 6.41. The summed E-state index contributed by atoms with van der Waals surface area (Å²) >= 11 is 13.2. The highest BCUT2D eigenvalue weighted by Crippen LogP contribution is 2.44. The number of hydrogen-bond donors (Lipinski definition) is 2. The monoisotopic (exact) mass is 532 g/mol. The third-order valence-corrected chi connectivity index (χ3v) is 7.88. The molecule has 0 fully saturated rings. The van der Waals surface area contributed by atoms with Crippen LogP contribution in [0.15, 0.2) is 67.3 Å². The molecule has 0 aliphatic heterocycles. The molecule has 2 aromatic carbocycles. The van der Waals surface area contributed by atoms with Gasteiger partial charge in [-0.1, -0.05) is 59.6 Å². The molecule has 0 spiro atoms. The summed E-state index contributed by atoms with van der Waals surface area (Å²) in [5.74, 6) is 0.528. The van der Waals surface area contributed by atoms with E-state index in [1.165, 1.54) is 5.56 Å². The SMILES string of the molecule is CC(O)c1ncn(C2CCCc3ccc(Cl)c(Cl)c32)c1-c1c[nH]c2cnc(OCc3ccccc3)cc12. The molecular formula is C29H26Cl2N4O2. The van der Waals surface area contributed by atoms with Crippen molar-refractivity contribution in [1.29, 1.82) is 0 Å². The quantitative estimate of drug-likeness (QED) is 0.240. The molecule has 0 amide bonds. The van der Waals surface area contributed by atoms with Crippen molar-refractivity contribution in [2.75, 3.05) is 0 Å². The molecule has 6 nitrogen and oxygen atoms in total. The van der Waals surface area contributed by atoms with Gasteiger partial charge in [0, 0.05) is 23.2 Å². The predicted molar refractivity (Wildman–Crippen MR) is 146 cm³/mol. The number of halogens is 2. The largest absolute Gasteiger partial charge is 0.473 e. The second kappa shape index (κ2) is 9.86. The van der Waals surface area contributed by atoms with Crippen LogP contribution in [0.1, 0.15) is 54.3 Å². The number of pyridine rings is 1. The summed E-state index contributed by atoms with van der Waals surface area (Å²) < 4.78 is 8.15. The number of hydrogen-bond acceptors (Lipinski definition) is 4. The van der Waals surface area contributed by atoms with E-state index >= 15 is 0 Å². The molecule has 37 heavy (non-hydrogen) atoms. The molecule has 2 N–H and O–H groups in total. The van der Waals surface area contributed by atoms with Crippen molar-refractivity contribution in [2.24, 2.45) is 0 Å². The average Bonchev–Trinajstić information content (AvgIpc) is 3.54. The number of benzene rings is 2. The highest BCUT2D eigenvalue weighted by atomic mass is 35.5. The van der Waals surface area contributed by atoms with Crippen molar-refractivity contribution in [3.05, 3.63) is 99.7 Å². The van der Waals surface area contributed by atoms with Gasteiger partial charge >= 0.3 is 0 Å². The third kappa shape index (κ3) is 4.39. The normalized spacial score (nSPS) is 16.1. The number of rotatable bonds is 6. The highest BCUT2D eigenvalue weighted by Gasteiger charge is 2.30. The zero-order valence-electron chi connectivity index (χ0n) is 20.3. The molecule has 0 saturated heterocycles. The van der Waals surface area contributed by atoms with Gasteiger partial charge in [-0.2, -0.15) is 0 Å². The van der Waals surface area contributed by atoms with Crippen molar-refractivity contribution in [3.8, 4) is 17.1 Å². The number of nitrogens with zero attached hydrogens (tertiary/aromatic N) is 3. The Hall–Kier alpha value is -3.32. The smallest absolute Gasteiger partial charge is 0.214 e. The maximum absolute atomic E-state index is 10.7. The number of aromatic amines is 1. The van der Waals surface area contributed by atoms with Crippen molar-refractivity contribution in [1.82, 2.24) is 19.5 Å². The maximum atomic E-state index is 10.7. The van der Waals surface area contributed by atoms with Gasteiger partial charge in [0.25, 0.3) is 0 Å². The maximum Gasteiger partial charge on any atom is 0.214 e. The molecule has 2 unspecified atom stereocenters. The van der Waals surface area contributed by atoms with E-state index in [1.54, 1.807) is 19.4 Å². The van der Waals surface area contributed by atoms with E-state index < -0.39 is 6.10 Å². The van der Waals surface area contributed by atoms with Crippen LogP contribution in [0.2, 0.25) is 10.0 Å². The number of imidazole rings is 1. The average molecular weight is 533 g/mol. The van der Waals surface area contributed by atoms with Crippen LogP contribution in [-0.4, -0.2) is 24.6 Å². The first-order valence-corrected chi connectivity index (χ1v) is 13.1. The van der Waals surface area contributed by atoms with Gasteiger partial charge < -0.3 is 19.4 Å². The fourth-order valence-corrected chi connectivity index (χ4v) is 5.77. The topological polar surface area (TPSA) is 76.0 Å². The van der Waals surface area contributed by atoms with Crippen molar-refractivity contribution in [2.45, 2.75) is 44.9 Å². The van der Waals surface area contributed by atoms with Crippen LogP contribution in [0, 0.1) is 0 Å². The number of fused-ring (bicyclic) bond motifs is 2. The lowest BCUT2D eigenvalue weighted by Crippen LogP contribution is -2.18. The number of aromatic nitrogens is 4. The summed E-state index contributed by atoms with van der Waals surface area (Å²) in [5.41, 5.74) is 6.54. The van der Waals surface area contributed by atoms with Crippen LogP contribution in [0.4, 0.5) is 0 Å². The number of nitrogens with one attached hydrogen (secondary N) is 1. The van der Waals surface area contributed by atoms with E-state index in [1.807, 2.05) is 48.7 Å². The van der Waals surface area contributed by atoms with Gasteiger partial charge in [-0.15, -0.1) is 0 Å². The summed E-state index contributed by atoms with van der Waals surface area (Å²) in [6, 6.07) is 15.8. The van der Waals surface area contributed by atoms with E-state index in [0.29, 0.717) is 28.2 Å². The summed E-state index contributed by atoms with van der Waals surface area (Å²) in [4.78, 5) is 12.5. The lowest BCUT2D eigenvalue weighted by molar-refractivity contribution is 0.195. The lowest BCUT2D eigenvalue weighted by atomic mass is 9.87. The van der Waals surface area contributed by atoms with Gasteiger partial charge in [0.2, 0.25) is 5.88 Å². The molecule has 5 aromatic rings. The van der Waals surface area contributed by atoms with E-state index in [9.17, 15) is 5.11 Å². The molecule has 188 valence electrons. The summed E-state index contributed by atoms with van der Waals surface area (Å²) in [6.07, 6.45) is 7.63. The Morgan fingerprint density at radius 3 is 2.81 bits per heavy atom. The molecule has 8 heteroatoms. The Morgan fingerprint density at radius 1 is 1.16 bits per heavy atom. The minimum Gasteiger partial charge on any atom is -0.473 e. The van der Waals surface area contributed by atoms with Gasteiger partial charge in [-0.3, -0.25) is 0 Å². The first-order chi connectivity index (χ1) is 18.0. The fraction of sp³-hybridized carbons (Fsp3) is 0.241. The Balaban J connectivity index is 1.46. The standard InChI is InChI=1S/C29H26Cl2N4O2/c1-17(36)28-29(35(16-34-28)24-9-5-8-19-10-11-22(30)27(31)26(19)24)21-13-32-23-14-33-25(12-20(21)23)37-15-18-6-3-2-4-7-18/h2-4,6-7,10-14,16-17,24,32,36H,5,8-9,15H2,1H3. The van der Waals surface area contributed by atoms with Crippen LogP contribution in [0.5, 0.6) is 5.88 Å². The van der Waals surface area contributed by atoms with Crippen LogP contribution in [-0.2, 0) is 13.0 Å². The summed E-state index contributed by atoms with van der Waals surface area (Å²) in [7, 11) is 0. The molecule has 0 saturated carbocycles. The van der Waals surface area contributed by atoms with Crippen LogP contribution in [0.25, 0.3) is 22.2 Å². The first kappa shape index (κ1) is 24.0. The van der Waals surface area contributed by atoms with E-state index in [0.717, 1.165) is 52.5 Å². The molecular weight excluding hydrogens is 507 g/mol. The van der Waals surface area contributed by atoms with Gasteiger partial charge in [0.05, 0.1) is 51.6 Å². The molecule has 0 radical (unpaired) electrons. The Labute approximate surface area is 224 Å². The van der Waals surface area contributed by atoms with Crippen LogP contribution < -0.4 is 4.74 Å². The van der Waals surface area contributed by atoms with Crippen molar-refractivity contribution in [3.63, 3.8) is 0 Å². The molecule has 6 rings (SSSR count). The van der Waals surface area contributed by atoms with Gasteiger partial charge in [0.1, 0.15) is 6.61 Å². The second-order valence-electron chi connectivity index (χ2n) is 9.45. The molecule has 2 atom stereocenters. The van der Waals surface area contributed by atoms with E-state index in [-0.39, 0.29) is 6.04 Å². The van der Waals surface area contributed by atoms with E-state index in [4.69, 9.17) is 27.9 Å². The second-order valence-corrected chi connectivity index (χ2v) is 10.2. The zero-order valence-corrected chi connectivity index (χ0v) is 21.8. The summed E-state index contributed by atoms with van der Waals surface area (Å²) in [6.45, 7) is 2.16. The van der Waals surface area contributed by atoms with E-state index in [2.05, 4.69) is 25.6 Å². The molecule has 3 aromatic heterocycles. The molecule has 0 bridgehead atoms. The number of H-pyrrole nitrogens is 1. The van der Waals surface area contributed by atoms with Crippen LogP contribution >= 0.6 is 23.2 Å². The number of aliphatic hydroxyl groups excluding tert-OH is 1. The van der Waals surface area contributed by atoms with Gasteiger partial charge in [-0.25, -0.2) is 9.97 Å². The first-order valence-electron chi connectivity index (χ1n) is 12.4. The highest BCUT2D eigenvalue weighted by molar-refractivity contribution is 6.42. The Morgan fingerprint density at radius 2 is 2.00 bits per heavy atom. The lowest BCUT2D eigenvalue weighted by Gasteiger charge is -2.29. The predicted octanol–water partition coefficient (Wildman–Crippen LogP) is 7.29. The minimum absolute atomic E-state index is 0.0504. The number of aliphatic hydroxyl groups is 1.